The molecular weight excluding hydrogens is 539 g/mol. The molecule has 42 heavy (non-hydrogen) atoms. The first-order valence-electron chi connectivity index (χ1n) is 13.8. The van der Waals surface area contributed by atoms with Crippen molar-refractivity contribution in [1.29, 1.82) is 0 Å². The predicted octanol–water partition coefficient (Wildman–Crippen LogP) is 6.94. The number of hydrogen-bond donors (Lipinski definition) is 2. The quantitative estimate of drug-likeness (QED) is 0.212. The number of hydrogen-bond acceptors (Lipinski definition) is 4. The van der Waals surface area contributed by atoms with Gasteiger partial charge in [-0.05, 0) is 77.7 Å². The second-order valence-corrected chi connectivity index (χ2v) is 10.7. The molecule has 1 unspecified atom stereocenters. The van der Waals surface area contributed by atoms with Gasteiger partial charge in [0.25, 0.3) is 5.91 Å². The van der Waals surface area contributed by atoms with Crippen molar-refractivity contribution in [2.45, 2.75) is 37.6 Å². The van der Waals surface area contributed by atoms with Gasteiger partial charge in [0, 0.05) is 24.3 Å². The molecule has 0 aliphatic heterocycles. The number of aromatic nitrogens is 2. The van der Waals surface area contributed by atoms with E-state index in [9.17, 15) is 18.0 Å². The summed E-state index contributed by atoms with van der Waals surface area (Å²) in [5.41, 5.74) is 7.94. The lowest BCUT2D eigenvalue weighted by molar-refractivity contribution is -0.141. The van der Waals surface area contributed by atoms with Crippen molar-refractivity contribution in [1.82, 2.24) is 14.7 Å². The van der Waals surface area contributed by atoms with Crippen molar-refractivity contribution in [3.63, 3.8) is 0 Å². The summed E-state index contributed by atoms with van der Waals surface area (Å²) in [5.74, 6) is -0.703. The standard InChI is InChI=1S/C33H30F3N5O/c1-40(27-14-15-27)31(25-13-12-22-7-2-3-8-23(22)17-25)24-9-5-10-26(18-24)38-32(42)29-19-30(33(34,35)36)39-41(29)28-11-4-6-21(16-28)20-37/h2-13,16-19,27,31H,14-15,20,37H2,1H3,(H,38,42). The molecule has 1 aromatic heterocycles. The molecule has 1 atom stereocenters. The summed E-state index contributed by atoms with van der Waals surface area (Å²) in [6, 6.07) is 29.9. The highest BCUT2D eigenvalue weighted by molar-refractivity contribution is 6.03. The number of amides is 1. The largest absolute Gasteiger partial charge is 0.435 e. The third kappa shape index (κ3) is 5.66. The van der Waals surface area contributed by atoms with Gasteiger partial charge in [-0.15, -0.1) is 0 Å². The van der Waals surface area contributed by atoms with Crippen molar-refractivity contribution >= 4 is 22.4 Å². The number of rotatable bonds is 8. The summed E-state index contributed by atoms with van der Waals surface area (Å²) in [5, 5.41) is 8.84. The Morgan fingerprint density at radius 1 is 0.952 bits per heavy atom. The summed E-state index contributed by atoms with van der Waals surface area (Å²) < 4.78 is 42.0. The maximum Gasteiger partial charge on any atom is 0.435 e. The second-order valence-electron chi connectivity index (χ2n) is 10.7. The van der Waals surface area contributed by atoms with Gasteiger partial charge < -0.3 is 11.1 Å². The number of halogens is 3. The molecule has 1 saturated carbocycles. The van der Waals surface area contributed by atoms with Crippen LogP contribution in [0.25, 0.3) is 16.5 Å². The van der Waals surface area contributed by atoms with Crippen LogP contribution in [0, 0.1) is 0 Å². The Morgan fingerprint density at radius 2 is 1.69 bits per heavy atom. The lowest BCUT2D eigenvalue weighted by Gasteiger charge is -2.29. The van der Waals surface area contributed by atoms with Crippen molar-refractivity contribution in [2.24, 2.45) is 5.73 Å². The molecule has 4 aromatic carbocycles. The molecule has 5 aromatic rings. The number of benzene rings is 4. The zero-order valence-corrected chi connectivity index (χ0v) is 23.0. The molecule has 3 N–H and O–H groups in total. The topological polar surface area (TPSA) is 76.2 Å². The molecule has 0 radical (unpaired) electrons. The molecule has 214 valence electrons. The number of alkyl halides is 3. The number of nitrogens with zero attached hydrogens (tertiary/aromatic N) is 3. The molecule has 6 rings (SSSR count). The molecule has 0 bridgehead atoms. The number of anilines is 1. The van der Waals surface area contributed by atoms with Crippen LogP contribution in [-0.4, -0.2) is 33.7 Å². The van der Waals surface area contributed by atoms with E-state index < -0.39 is 17.8 Å². The average Bonchev–Trinajstić information content (AvgIpc) is 3.74. The highest BCUT2D eigenvalue weighted by atomic mass is 19.4. The van der Waals surface area contributed by atoms with E-state index in [0.29, 0.717) is 23.0 Å². The Labute approximate surface area is 241 Å². The van der Waals surface area contributed by atoms with Crippen molar-refractivity contribution in [3.8, 4) is 5.69 Å². The fourth-order valence-electron chi connectivity index (χ4n) is 5.41. The molecule has 0 saturated heterocycles. The highest BCUT2D eigenvalue weighted by Gasteiger charge is 2.36. The summed E-state index contributed by atoms with van der Waals surface area (Å²) in [4.78, 5) is 15.8. The highest BCUT2D eigenvalue weighted by Crippen LogP contribution is 2.38. The zero-order chi connectivity index (χ0) is 29.4. The average molecular weight is 570 g/mol. The Balaban J connectivity index is 1.35. The molecule has 1 fully saturated rings. The molecule has 1 heterocycles. The van der Waals surface area contributed by atoms with Gasteiger partial charge in [-0.25, -0.2) is 4.68 Å². The number of nitrogens with two attached hydrogens (primary N) is 1. The van der Waals surface area contributed by atoms with Crippen molar-refractivity contribution in [2.75, 3.05) is 12.4 Å². The van der Waals surface area contributed by atoms with Gasteiger partial charge in [-0.1, -0.05) is 60.7 Å². The van der Waals surface area contributed by atoms with Crippen LogP contribution in [-0.2, 0) is 12.7 Å². The number of fused-ring (bicyclic) bond motifs is 1. The molecular formula is C33H30F3N5O. The van der Waals surface area contributed by atoms with E-state index in [2.05, 4.69) is 52.7 Å². The first kappa shape index (κ1) is 27.7. The van der Waals surface area contributed by atoms with E-state index in [1.165, 1.54) is 0 Å². The minimum atomic E-state index is -4.72. The van der Waals surface area contributed by atoms with Crippen LogP contribution in [0.1, 0.15) is 51.8 Å². The lowest BCUT2D eigenvalue weighted by atomic mass is 9.94. The van der Waals surface area contributed by atoms with Gasteiger partial charge in [0.1, 0.15) is 5.69 Å². The van der Waals surface area contributed by atoms with Gasteiger partial charge in [0.2, 0.25) is 0 Å². The van der Waals surface area contributed by atoms with Crippen LogP contribution in [0.2, 0.25) is 0 Å². The minimum Gasteiger partial charge on any atom is -0.326 e. The van der Waals surface area contributed by atoms with Gasteiger partial charge in [-0.2, -0.15) is 18.3 Å². The third-order valence-electron chi connectivity index (χ3n) is 7.70. The molecule has 1 aliphatic carbocycles. The van der Waals surface area contributed by atoms with Crippen LogP contribution in [0.4, 0.5) is 18.9 Å². The van der Waals surface area contributed by atoms with Crippen molar-refractivity contribution in [3.05, 3.63) is 125 Å². The van der Waals surface area contributed by atoms with Crippen LogP contribution < -0.4 is 11.1 Å². The van der Waals surface area contributed by atoms with Gasteiger partial charge in [0.15, 0.2) is 5.69 Å². The van der Waals surface area contributed by atoms with Crippen LogP contribution >= 0.6 is 0 Å². The Morgan fingerprint density at radius 3 is 2.43 bits per heavy atom. The summed E-state index contributed by atoms with van der Waals surface area (Å²) in [6.07, 6.45) is -2.48. The lowest BCUT2D eigenvalue weighted by Crippen LogP contribution is -2.27. The van der Waals surface area contributed by atoms with E-state index in [4.69, 9.17) is 5.73 Å². The summed E-state index contributed by atoms with van der Waals surface area (Å²) in [6.45, 7) is 0.198. The third-order valence-corrected chi connectivity index (χ3v) is 7.70. The fraction of sp³-hybridized carbons (Fsp3) is 0.212. The van der Waals surface area contributed by atoms with E-state index in [-0.39, 0.29) is 18.3 Å². The van der Waals surface area contributed by atoms with Gasteiger partial charge >= 0.3 is 6.18 Å². The molecule has 0 spiro atoms. The normalized spacial score (nSPS) is 14.3. The maximum atomic E-state index is 13.6. The Hall–Kier alpha value is -4.47. The first-order chi connectivity index (χ1) is 20.2. The molecule has 6 nitrogen and oxygen atoms in total. The van der Waals surface area contributed by atoms with Gasteiger partial charge in [0.05, 0.1) is 11.7 Å². The zero-order valence-electron chi connectivity index (χ0n) is 23.0. The Kier molecular flexibility index (Phi) is 7.30. The number of nitrogens with one attached hydrogen (secondary N) is 1. The predicted molar refractivity (Wildman–Crippen MR) is 157 cm³/mol. The second kappa shape index (κ2) is 11.1. The van der Waals surface area contributed by atoms with Crippen LogP contribution in [0.3, 0.4) is 0 Å². The SMILES string of the molecule is CN(C1CC1)C(c1cccc(NC(=O)c2cc(C(F)(F)F)nn2-c2cccc(CN)c2)c1)c1ccc2ccccc2c1. The number of carbonyl (C=O) groups is 1. The molecule has 1 amide bonds. The monoisotopic (exact) mass is 569 g/mol. The van der Waals surface area contributed by atoms with E-state index in [1.807, 2.05) is 30.3 Å². The number of carbonyl (C=O) groups excluding carboxylic acids is 1. The van der Waals surface area contributed by atoms with E-state index >= 15 is 0 Å². The summed E-state index contributed by atoms with van der Waals surface area (Å²) in [7, 11) is 2.11. The van der Waals surface area contributed by atoms with Crippen LogP contribution in [0.5, 0.6) is 0 Å². The maximum absolute atomic E-state index is 13.6. The van der Waals surface area contributed by atoms with Gasteiger partial charge in [-0.3, -0.25) is 9.69 Å². The smallest absolute Gasteiger partial charge is 0.326 e. The molecule has 1 aliphatic rings. The molecule has 9 heteroatoms. The van der Waals surface area contributed by atoms with E-state index in [1.54, 1.807) is 30.3 Å². The van der Waals surface area contributed by atoms with Crippen molar-refractivity contribution < 1.29 is 18.0 Å². The van der Waals surface area contributed by atoms with Crippen LogP contribution in [0.15, 0.2) is 97.1 Å². The fourth-order valence-corrected chi connectivity index (χ4v) is 5.41. The van der Waals surface area contributed by atoms with E-state index in [0.717, 1.165) is 45.5 Å². The first-order valence-corrected chi connectivity index (χ1v) is 13.8. The summed E-state index contributed by atoms with van der Waals surface area (Å²) >= 11 is 0. The minimum absolute atomic E-state index is 0.0691. The Bertz CT molecular complexity index is 1760.